The van der Waals surface area contributed by atoms with Crippen LogP contribution >= 0.6 is 0 Å². The van der Waals surface area contributed by atoms with Crippen LogP contribution in [-0.4, -0.2) is 12.3 Å². The molecule has 0 unspecified atom stereocenters. The Hall–Kier alpha value is -2.19. The highest BCUT2D eigenvalue weighted by Gasteiger charge is 2.07. The Balaban J connectivity index is 1.96. The normalized spacial score (nSPS) is 10.2. The lowest BCUT2D eigenvalue weighted by Crippen LogP contribution is -2.13. The number of carbonyl (C=O) groups is 1. The van der Waals surface area contributed by atoms with Gasteiger partial charge >= 0.3 is 0 Å². The summed E-state index contributed by atoms with van der Waals surface area (Å²) in [6.45, 7) is 5.86. The predicted molar refractivity (Wildman–Crippen MR) is 87.5 cm³/mol. The molecule has 0 radical (unpaired) electrons. The molecule has 0 atom stereocenters. The van der Waals surface area contributed by atoms with Crippen molar-refractivity contribution in [2.75, 3.05) is 6.54 Å². The number of allylic oxidation sites excluding steroid dienone is 1. The lowest BCUT2D eigenvalue weighted by atomic mass is 10.0. The second kappa shape index (κ2) is 7.55. The van der Waals surface area contributed by atoms with E-state index in [9.17, 15) is 4.79 Å². The van der Waals surface area contributed by atoms with Crippen molar-refractivity contribution in [1.82, 2.24) is 5.32 Å². The van der Waals surface area contributed by atoms with Crippen LogP contribution < -0.4 is 5.32 Å². The molecule has 0 amide bonds. The van der Waals surface area contributed by atoms with Gasteiger partial charge in [-0.15, -0.1) is 0 Å². The molecule has 2 rings (SSSR count). The molecule has 2 aromatic carbocycles. The van der Waals surface area contributed by atoms with Gasteiger partial charge in [0.15, 0.2) is 5.78 Å². The Kier molecular flexibility index (Phi) is 5.47. The van der Waals surface area contributed by atoms with Gasteiger partial charge < -0.3 is 5.32 Å². The molecule has 21 heavy (non-hydrogen) atoms. The SMILES string of the molecule is CC(C)=CCNCc1ccc(C(=O)c2ccccc2)cc1. The first kappa shape index (κ1) is 15.2. The highest BCUT2D eigenvalue weighted by Crippen LogP contribution is 2.11. The minimum Gasteiger partial charge on any atom is -0.309 e. The predicted octanol–water partition coefficient (Wildman–Crippen LogP) is 3.97. The fourth-order valence-electron chi connectivity index (χ4n) is 2.02. The zero-order valence-corrected chi connectivity index (χ0v) is 12.6. The summed E-state index contributed by atoms with van der Waals surface area (Å²) in [4.78, 5) is 12.3. The summed E-state index contributed by atoms with van der Waals surface area (Å²) >= 11 is 0. The van der Waals surface area contributed by atoms with Crippen molar-refractivity contribution in [3.63, 3.8) is 0 Å². The van der Waals surface area contributed by atoms with E-state index in [2.05, 4.69) is 25.2 Å². The number of hydrogen-bond donors (Lipinski definition) is 1. The van der Waals surface area contributed by atoms with Crippen molar-refractivity contribution in [3.05, 3.63) is 82.9 Å². The molecule has 1 N–H and O–H groups in total. The Morgan fingerprint density at radius 1 is 0.952 bits per heavy atom. The van der Waals surface area contributed by atoms with E-state index < -0.39 is 0 Å². The average molecular weight is 279 g/mol. The molecule has 0 heterocycles. The Morgan fingerprint density at radius 3 is 2.19 bits per heavy atom. The number of rotatable bonds is 6. The third-order valence-corrected chi connectivity index (χ3v) is 3.24. The van der Waals surface area contributed by atoms with E-state index in [0.717, 1.165) is 24.2 Å². The van der Waals surface area contributed by atoms with Gasteiger partial charge in [0.05, 0.1) is 0 Å². The second-order valence-electron chi connectivity index (χ2n) is 5.30. The number of hydrogen-bond acceptors (Lipinski definition) is 2. The van der Waals surface area contributed by atoms with Crippen LogP contribution in [0.15, 0.2) is 66.2 Å². The van der Waals surface area contributed by atoms with E-state index in [1.165, 1.54) is 11.1 Å². The van der Waals surface area contributed by atoms with E-state index in [4.69, 9.17) is 0 Å². The van der Waals surface area contributed by atoms with E-state index >= 15 is 0 Å². The van der Waals surface area contributed by atoms with Crippen molar-refractivity contribution in [2.24, 2.45) is 0 Å². The minimum atomic E-state index is 0.0691. The molecule has 0 saturated carbocycles. The molecule has 0 aliphatic carbocycles. The summed E-state index contributed by atoms with van der Waals surface area (Å²) in [6.07, 6.45) is 2.16. The van der Waals surface area contributed by atoms with Crippen LogP contribution in [0.2, 0.25) is 0 Å². The summed E-state index contributed by atoms with van der Waals surface area (Å²) in [6, 6.07) is 17.2. The Labute approximate surface area is 126 Å². The summed E-state index contributed by atoms with van der Waals surface area (Å²) < 4.78 is 0. The smallest absolute Gasteiger partial charge is 0.193 e. The molecule has 2 nitrogen and oxygen atoms in total. The average Bonchev–Trinajstić information content (AvgIpc) is 2.52. The fraction of sp³-hybridized carbons (Fsp3) is 0.211. The van der Waals surface area contributed by atoms with E-state index in [1.54, 1.807) is 0 Å². The zero-order chi connectivity index (χ0) is 15.1. The molecule has 0 bridgehead atoms. The van der Waals surface area contributed by atoms with Gasteiger partial charge in [0.2, 0.25) is 0 Å². The molecule has 0 aromatic heterocycles. The second-order valence-corrected chi connectivity index (χ2v) is 5.30. The van der Waals surface area contributed by atoms with Crippen molar-refractivity contribution in [1.29, 1.82) is 0 Å². The van der Waals surface area contributed by atoms with Crippen LogP contribution in [0.25, 0.3) is 0 Å². The summed E-state index contributed by atoms with van der Waals surface area (Å²) in [5, 5.41) is 3.35. The first-order valence-electron chi connectivity index (χ1n) is 7.19. The number of benzene rings is 2. The molecule has 0 spiro atoms. The quantitative estimate of drug-likeness (QED) is 0.492. The highest BCUT2D eigenvalue weighted by molar-refractivity contribution is 6.08. The van der Waals surface area contributed by atoms with Crippen LogP contribution in [0, 0.1) is 0 Å². The lowest BCUT2D eigenvalue weighted by Gasteiger charge is -2.05. The standard InChI is InChI=1S/C19H21NO/c1-15(2)12-13-20-14-16-8-10-18(11-9-16)19(21)17-6-4-3-5-7-17/h3-12,20H,13-14H2,1-2H3. The third kappa shape index (κ3) is 4.69. The van der Waals surface area contributed by atoms with Crippen molar-refractivity contribution in [3.8, 4) is 0 Å². The molecule has 0 aliphatic rings. The highest BCUT2D eigenvalue weighted by atomic mass is 16.1. The van der Waals surface area contributed by atoms with Gasteiger partial charge in [-0.2, -0.15) is 0 Å². The molecule has 2 aromatic rings. The summed E-state index contributed by atoms with van der Waals surface area (Å²) in [5.74, 6) is 0.0691. The van der Waals surface area contributed by atoms with Crippen LogP contribution in [0.4, 0.5) is 0 Å². The van der Waals surface area contributed by atoms with Gasteiger partial charge in [-0.1, -0.05) is 66.2 Å². The van der Waals surface area contributed by atoms with Crippen molar-refractivity contribution in [2.45, 2.75) is 20.4 Å². The van der Waals surface area contributed by atoms with Crippen molar-refractivity contribution < 1.29 is 4.79 Å². The van der Waals surface area contributed by atoms with Gasteiger partial charge in [0.1, 0.15) is 0 Å². The summed E-state index contributed by atoms with van der Waals surface area (Å²) in [7, 11) is 0. The Morgan fingerprint density at radius 2 is 1.57 bits per heavy atom. The molecule has 0 aliphatic heterocycles. The molecular weight excluding hydrogens is 258 g/mol. The van der Waals surface area contributed by atoms with Crippen LogP contribution in [-0.2, 0) is 6.54 Å². The van der Waals surface area contributed by atoms with Crippen LogP contribution in [0.1, 0.15) is 35.3 Å². The monoisotopic (exact) mass is 279 g/mol. The van der Waals surface area contributed by atoms with Crippen LogP contribution in [0.3, 0.4) is 0 Å². The van der Waals surface area contributed by atoms with Gasteiger partial charge in [-0.3, -0.25) is 4.79 Å². The van der Waals surface area contributed by atoms with E-state index in [0.29, 0.717) is 0 Å². The topological polar surface area (TPSA) is 29.1 Å². The van der Waals surface area contributed by atoms with Crippen LogP contribution in [0.5, 0.6) is 0 Å². The van der Waals surface area contributed by atoms with E-state index in [-0.39, 0.29) is 5.78 Å². The zero-order valence-electron chi connectivity index (χ0n) is 12.6. The molecule has 0 saturated heterocycles. The minimum absolute atomic E-state index is 0.0691. The lowest BCUT2D eigenvalue weighted by molar-refractivity contribution is 0.103. The maximum atomic E-state index is 12.3. The summed E-state index contributed by atoms with van der Waals surface area (Å²) in [5.41, 5.74) is 3.95. The van der Waals surface area contributed by atoms with Gasteiger partial charge in [-0.25, -0.2) is 0 Å². The van der Waals surface area contributed by atoms with Gasteiger partial charge in [0, 0.05) is 24.2 Å². The Bertz CT molecular complexity index is 608. The molecule has 2 heteroatoms. The number of carbonyl (C=O) groups excluding carboxylic acids is 1. The first-order chi connectivity index (χ1) is 10.2. The maximum Gasteiger partial charge on any atom is 0.193 e. The van der Waals surface area contributed by atoms with Gasteiger partial charge in [-0.05, 0) is 19.4 Å². The molecule has 0 fully saturated rings. The molecular formula is C19H21NO. The number of nitrogens with one attached hydrogen (secondary N) is 1. The first-order valence-corrected chi connectivity index (χ1v) is 7.19. The molecule has 108 valence electrons. The van der Waals surface area contributed by atoms with Crippen molar-refractivity contribution >= 4 is 5.78 Å². The fourth-order valence-corrected chi connectivity index (χ4v) is 2.02. The van der Waals surface area contributed by atoms with Gasteiger partial charge in [0.25, 0.3) is 0 Å². The largest absolute Gasteiger partial charge is 0.309 e. The third-order valence-electron chi connectivity index (χ3n) is 3.24. The maximum absolute atomic E-state index is 12.3. The number of ketones is 1. The van der Waals surface area contributed by atoms with E-state index in [1.807, 2.05) is 54.6 Å².